The number of piperidine rings is 1. The van der Waals surface area contributed by atoms with Crippen molar-refractivity contribution >= 4 is 30.6 Å². The van der Waals surface area contributed by atoms with Crippen molar-refractivity contribution < 1.29 is 13.6 Å². The van der Waals surface area contributed by atoms with Crippen LogP contribution in [0, 0.1) is 5.82 Å². The Morgan fingerprint density at radius 1 is 1.10 bits per heavy atom. The van der Waals surface area contributed by atoms with E-state index < -0.39 is 14.1 Å². The quantitative estimate of drug-likeness (QED) is 0.294. The Balaban J connectivity index is 1.39. The van der Waals surface area contributed by atoms with E-state index in [0.29, 0.717) is 35.8 Å². The summed E-state index contributed by atoms with van der Waals surface area (Å²) in [4.78, 5) is 20.8. The summed E-state index contributed by atoms with van der Waals surface area (Å²) in [6, 6.07) is 10.9. The lowest BCUT2D eigenvalue weighted by Gasteiger charge is -2.42. The minimum Gasteiger partial charge on any atom is -0.414 e. The molecule has 0 spiro atoms. The monoisotopic (exact) mass is 594 g/mol. The first kappa shape index (κ1) is 30.7. The van der Waals surface area contributed by atoms with E-state index in [9.17, 15) is 9.18 Å². The molecule has 0 aliphatic carbocycles. The highest BCUT2D eigenvalue weighted by Gasteiger charge is 2.39. The molecule has 2 aromatic carbocycles. The van der Waals surface area contributed by atoms with Crippen molar-refractivity contribution in [3.63, 3.8) is 0 Å². The predicted molar refractivity (Wildman–Crippen MR) is 172 cm³/mol. The number of nitrogens with zero attached hydrogens (tertiary/aromatic N) is 3. The Kier molecular flexibility index (Phi) is 8.84. The molecule has 0 amide bonds. The second-order valence-corrected chi connectivity index (χ2v) is 18.3. The van der Waals surface area contributed by atoms with Crippen LogP contribution >= 0.6 is 0 Å². The highest BCUT2D eigenvalue weighted by Crippen LogP contribution is 2.39. The Morgan fingerprint density at radius 3 is 2.43 bits per heavy atom. The molecule has 3 aromatic rings. The van der Waals surface area contributed by atoms with Crippen LogP contribution < -0.4 is 15.8 Å². The lowest BCUT2D eigenvalue weighted by Crippen LogP contribution is -2.47. The molecule has 42 heavy (non-hydrogen) atoms. The third-order valence-corrected chi connectivity index (χ3v) is 14.1. The molecule has 1 atom stereocenters. The SMILES string of the molecule is C[C@@H](Nc1ccccc1N1CCC(O[Si](C)(C)C(C)(C)C)CC1)c1cc(F)cc2c(=O)n(C)c(C3CCOCC3)nc12. The van der Waals surface area contributed by atoms with Gasteiger partial charge in [0, 0.05) is 50.9 Å². The standard InChI is InChI=1S/C33H47FN4O3Si/c1-22(26-20-24(34)21-27-30(26)36-31(37(5)32(27)39)23-14-18-40-19-15-23)35-28-10-8-9-11-29(28)38-16-12-25(13-17-38)41-42(6,7)33(2,3)4/h8-11,20-23,25,35H,12-19H2,1-7H3/t22-/m1/s1. The van der Waals surface area contributed by atoms with Gasteiger partial charge in [-0.2, -0.15) is 0 Å². The summed E-state index contributed by atoms with van der Waals surface area (Å²) in [7, 11) is -0.0729. The van der Waals surface area contributed by atoms with Crippen LogP contribution in [0.4, 0.5) is 15.8 Å². The minimum atomic E-state index is -1.81. The maximum atomic E-state index is 14.9. The molecule has 228 valence electrons. The number of benzene rings is 2. The Bertz CT molecular complexity index is 1470. The normalized spacial score (nSPS) is 18.4. The van der Waals surface area contributed by atoms with Gasteiger partial charge in [0.1, 0.15) is 11.6 Å². The van der Waals surface area contributed by atoms with E-state index in [1.807, 2.05) is 13.0 Å². The number of fused-ring (bicyclic) bond motifs is 1. The second kappa shape index (κ2) is 12.1. The van der Waals surface area contributed by atoms with Crippen molar-refractivity contribution in [1.29, 1.82) is 0 Å². The van der Waals surface area contributed by atoms with Gasteiger partial charge in [0.15, 0.2) is 8.32 Å². The highest BCUT2D eigenvalue weighted by atomic mass is 28.4. The zero-order chi connectivity index (χ0) is 30.2. The minimum absolute atomic E-state index is 0.145. The molecule has 0 radical (unpaired) electrons. The number of hydrogen-bond donors (Lipinski definition) is 1. The van der Waals surface area contributed by atoms with Crippen LogP contribution in [0.1, 0.15) is 76.7 Å². The van der Waals surface area contributed by atoms with Gasteiger partial charge in [-0.3, -0.25) is 9.36 Å². The Morgan fingerprint density at radius 2 is 1.76 bits per heavy atom. The summed E-state index contributed by atoms with van der Waals surface area (Å²) in [6.45, 7) is 16.7. The molecule has 2 aliphatic rings. The van der Waals surface area contributed by atoms with Crippen LogP contribution in [0.15, 0.2) is 41.2 Å². The van der Waals surface area contributed by atoms with E-state index in [0.717, 1.165) is 56.0 Å². The van der Waals surface area contributed by atoms with Gasteiger partial charge in [0.25, 0.3) is 5.56 Å². The number of ether oxygens (including phenoxy) is 1. The van der Waals surface area contributed by atoms with Crippen molar-refractivity contribution in [2.24, 2.45) is 7.05 Å². The molecular weight excluding hydrogens is 547 g/mol. The van der Waals surface area contributed by atoms with Gasteiger partial charge in [-0.05, 0) is 75.0 Å². The third-order valence-electron chi connectivity index (χ3n) is 9.59. The van der Waals surface area contributed by atoms with Crippen molar-refractivity contribution in [3.05, 3.63) is 64.0 Å². The fourth-order valence-electron chi connectivity index (χ4n) is 6.02. The van der Waals surface area contributed by atoms with E-state index in [-0.39, 0.29) is 22.6 Å². The van der Waals surface area contributed by atoms with E-state index in [1.54, 1.807) is 11.6 Å². The van der Waals surface area contributed by atoms with Crippen LogP contribution in [0.5, 0.6) is 0 Å². The molecule has 2 aliphatic heterocycles. The summed E-state index contributed by atoms with van der Waals surface area (Å²) in [6.07, 6.45) is 3.92. The first-order valence-corrected chi connectivity index (χ1v) is 18.3. The van der Waals surface area contributed by atoms with Gasteiger partial charge >= 0.3 is 0 Å². The molecule has 0 unspecified atom stereocenters. The van der Waals surface area contributed by atoms with Crippen molar-refractivity contribution in [2.45, 2.75) is 89.6 Å². The molecule has 2 fully saturated rings. The van der Waals surface area contributed by atoms with E-state index in [4.69, 9.17) is 14.1 Å². The van der Waals surface area contributed by atoms with Crippen LogP contribution in [-0.4, -0.2) is 50.3 Å². The topological polar surface area (TPSA) is 68.6 Å². The average Bonchev–Trinajstić information content (AvgIpc) is 2.95. The zero-order valence-corrected chi connectivity index (χ0v) is 27.3. The number of rotatable bonds is 7. The summed E-state index contributed by atoms with van der Waals surface area (Å²) in [5, 5.41) is 4.16. The molecule has 1 N–H and O–H groups in total. The summed E-state index contributed by atoms with van der Waals surface area (Å²) >= 11 is 0. The predicted octanol–water partition coefficient (Wildman–Crippen LogP) is 7.13. The number of para-hydroxylation sites is 2. The molecule has 5 rings (SSSR count). The van der Waals surface area contributed by atoms with E-state index in [1.165, 1.54) is 12.1 Å². The van der Waals surface area contributed by atoms with Crippen molar-refractivity contribution in [3.8, 4) is 0 Å². The summed E-state index contributed by atoms with van der Waals surface area (Å²) in [5.74, 6) is 0.464. The maximum absolute atomic E-state index is 14.9. The van der Waals surface area contributed by atoms with Gasteiger partial charge in [-0.25, -0.2) is 9.37 Å². The first-order chi connectivity index (χ1) is 19.9. The Hall–Kier alpha value is -2.75. The molecule has 9 heteroatoms. The zero-order valence-electron chi connectivity index (χ0n) is 26.3. The number of anilines is 2. The average molecular weight is 595 g/mol. The molecular formula is C33H47FN4O3Si. The van der Waals surface area contributed by atoms with Crippen LogP contribution in [0.3, 0.4) is 0 Å². The molecule has 7 nitrogen and oxygen atoms in total. The van der Waals surface area contributed by atoms with Gasteiger partial charge in [0.05, 0.1) is 28.3 Å². The number of aromatic nitrogens is 2. The molecule has 2 saturated heterocycles. The molecule has 0 saturated carbocycles. The van der Waals surface area contributed by atoms with Gasteiger partial charge in [-0.15, -0.1) is 0 Å². The van der Waals surface area contributed by atoms with Crippen molar-refractivity contribution in [2.75, 3.05) is 36.5 Å². The summed E-state index contributed by atoms with van der Waals surface area (Å²) < 4.78 is 28.8. The summed E-state index contributed by atoms with van der Waals surface area (Å²) in [5.41, 5.74) is 3.16. The first-order valence-electron chi connectivity index (χ1n) is 15.4. The van der Waals surface area contributed by atoms with Crippen LogP contribution in [0.2, 0.25) is 18.1 Å². The highest BCUT2D eigenvalue weighted by molar-refractivity contribution is 6.74. The smallest absolute Gasteiger partial charge is 0.261 e. The molecule has 3 heterocycles. The van der Waals surface area contributed by atoms with Gasteiger partial charge in [-0.1, -0.05) is 32.9 Å². The van der Waals surface area contributed by atoms with Crippen LogP contribution in [0.25, 0.3) is 10.9 Å². The van der Waals surface area contributed by atoms with E-state index >= 15 is 0 Å². The lowest BCUT2D eigenvalue weighted by atomic mass is 9.98. The number of halogens is 1. The van der Waals surface area contributed by atoms with Crippen molar-refractivity contribution in [1.82, 2.24) is 9.55 Å². The largest absolute Gasteiger partial charge is 0.414 e. The Labute approximate surface area is 250 Å². The van der Waals surface area contributed by atoms with Gasteiger partial charge in [0.2, 0.25) is 0 Å². The fourth-order valence-corrected chi connectivity index (χ4v) is 7.45. The lowest BCUT2D eigenvalue weighted by molar-refractivity contribution is 0.0828. The van der Waals surface area contributed by atoms with Gasteiger partial charge < -0.3 is 19.4 Å². The second-order valence-electron chi connectivity index (χ2n) is 13.6. The number of hydrogen-bond acceptors (Lipinski definition) is 6. The molecule has 1 aromatic heterocycles. The number of nitrogens with one attached hydrogen (secondary N) is 1. The molecule has 0 bridgehead atoms. The van der Waals surface area contributed by atoms with Crippen LogP contribution in [-0.2, 0) is 16.2 Å². The van der Waals surface area contributed by atoms with E-state index in [2.05, 4.69) is 62.3 Å². The fraction of sp³-hybridized carbons (Fsp3) is 0.576. The maximum Gasteiger partial charge on any atom is 0.261 e. The third kappa shape index (κ3) is 6.28.